The number of benzene rings is 2. The van der Waals surface area contributed by atoms with Crippen LogP contribution >= 0.6 is 0 Å². The summed E-state index contributed by atoms with van der Waals surface area (Å²) in [7, 11) is 0. The molecule has 2 amide bonds. The molecule has 0 N–H and O–H groups in total. The molecule has 1 atom stereocenters. The molecule has 1 saturated heterocycles. The van der Waals surface area contributed by atoms with Crippen LogP contribution in [-0.4, -0.2) is 47.9 Å². The zero-order valence-corrected chi connectivity index (χ0v) is 19.6. The van der Waals surface area contributed by atoms with Gasteiger partial charge >= 0.3 is 0 Å². The normalized spacial score (nSPS) is 20.7. The van der Waals surface area contributed by atoms with Crippen LogP contribution in [0.3, 0.4) is 0 Å². The second-order valence-electron chi connectivity index (χ2n) is 9.81. The van der Waals surface area contributed by atoms with Crippen LogP contribution in [-0.2, 0) is 16.0 Å². The van der Waals surface area contributed by atoms with Gasteiger partial charge in [-0.05, 0) is 67.9 Å². The molecule has 5 rings (SSSR count). The smallest absolute Gasteiger partial charge is 0.260 e. The SMILES string of the molecule is Cc1ccc(C2c3cc(OCC(=O)N4CCCC4)ccc3CCN2C(=O)C2CCCC2)cc1. The second-order valence-corrected chi connectivity index (χ2v) is 9.81. The molecule has 174 valence electrons. The minimum Gasteiger partial charge on any atom is -0.484 e. The van der Waals surface area contributed by atoms with Crippen molar-refractivity contribution in [1.29, 1.82) is 0 Å². The quantitative estimate of drug-likeness (QED) is 0.671. The van der Waals surface area contributed by atoms with Crippen molar-refractivity contribution in [3.63, 3.8) is 0 Å². The molecule has 1 aliphatic carbocycles. The Labute approximate surface area is 196 Å². The summed E-state index contributed by atoms with van der Waals surface area (Å²) in [4.78, 5) is 30.0. The van der Waals surface area contributed by atoms with Crippen LogP contribution in [0.2, 0.25) is 0 Å². The summed E-state index contributed by atoms with van der Waals surface area (Å²) in [6, 6.07) is 14.6. The summed E-state index contributed by atoms with van der Waals surface area (Å²) in [5, 5.41) is 0. The van der Waals surface area contributed by atoms with Crippen molar-refractivity contribution in [2.75, 3.05) is 26.2 Å². The van der Waals surface area contributed by atoms with Crippen LogP contribution in [0.25, 0.3) is 0 Å². The fraction of sp³-hybridized carbons (Fsp3) is 0.500. The van der Waals surface area contributed by atoms with E-state index in [2.05, 4.69) is 48.2 Å². The lowest BCUT2D eigenvalue weighted by Crippen LogP contribution is -2.43. The highest BCUT2D eigenvalue weighted by Gasteiger charge is 2.36. The first kappa shape index (κ1) is 22.0. The highest BCUT2D eigenvalue weighted by Crippen LogP contribution is 2.39. The number of hydrogen-bond acceptors (Lipinski definition) is 3. The molecule has 3 aliphatic rings. The van der Waals surface area contributed by atoms with Gasteiger partial charge in [0.2, 0.25) is 5.91 Å². The number of fused-ring (bicyclic) bond motifs is 1. The molecule has 33 heavy (non-hydrogen) atoms. The number of ether oxygens (including phenoxy) is 1. The second kappa shape index (κ2) is 9.58. The standard InChI is InChI=1S/C28H34N2O3/c1-20-8-10-22(11-9-20)27-25-18-24(33-19-26(31)29-15-4-5-16-29)13-12-21(25)14-17-30(27)28(32)23-6-2-3-7-23/h8-13,18,23,27H,2-7,14-17,19H2,1H3. The van der Waals surface area contributed by atoms with Crippen LogP contribution in [0.5, 0.6) is 5.75 Å². The third-order valence-corrected chi connectivity index (χ3v) is 7.55. The van der Waals surface area contributed by atoms with Gasteiger partial charge in [0.05, 0.1) is 6.04 Å². The molecule has 0 aromatic heterocycles. The highest BCUT2D eigenvalue weighted by atomic mass is 16.5. The van der Waals surface area contributed by atoms with Crippen molar-refractivity contribution in [3.05, 3.63) is 64.7 Å². The molecule has 2 aromatic carbocycles. The van der Waals surface area contributed by atoms with E-state index in [4.69, 9.17) is 4.74 Å². The largest absolute Gasteiger partial charge is 0.484 e. The van der Waals surface area contributed by atoms with E-state index in [0.717, 1.165) is 75.7 Å². The molecule has 0 radical (unpaired) electrons. The Morgan fingerprint density at radius 3 is 2.39 bits per heavy atom. The number of aryl methyl sites for hydroxylation is 1. The van der Waals surface area contributed by atoms with E-state index in [1.807, 2.05) is 11.0 Å². The van der Waals surface area contributed by atoms with E-state index in [-0.39, 0.29) is 24.5 Å². The van der Waals surface area contributed by atoms with E-state index in [1.54, 1.807) is 0 Å². The predicted octanol–water partition coefficient (Wildman–Crippen LogP) is 4.66. The van der Waals surface area contributed by atoms with Gasteiger partial charge < -0.3 is 14.5 Å². The minimum atomic E-state index is -0.111. The Morgan fingerprint density at radius 2 is 1.67 bits per heavy atom. The Balaban J connectivity index is 1.43. The topological polar surface area (TPSA) is 49.9 Å². The Kier molecular flexibility index (Phi) is 6.39. The number of amides is 2. The first-order valence-corrected chi connectivity index (χ1v) is 12.5. The number of carbonyl (C=O) groups is 2. The van der Waals surface area contributed by atoms with Gasteiger partial charge in [-0.1, -0.05) is 48.7 Å². The first-order valence-electron chi connectivity index (χ1n) is 12.5. The summed E-state index contributed by atoms with van der Waals surface area (Å²) in [6.07, 6.45) is 7.32. The van der Waals surface area contributed by atoms with E-state index in [0.29, 0.717) is 11.7 Å². The molecule has 2 aromatic rings. The van der Waals surface area contributed by atoms with Gasteiger partial charge in [-0.25, -0.2) is 0 Å². The lowest BCUT2D eigenvalue weighted by molar-refractivity contribution is -0.137. The van der Waals surface area contributed by atoms with Gasteiger partial charge in [-0.3, -0.25) is 9.59 Å². The van der Waals surface area contributed by atoms with Crippen molar-refractivity contribution in [2.24, 2.45) is 5.92 Å². The summed E-state index contributed by atoms with van der Waals surface area (Å²) in [5.74, 6) is 1.20. The lowest BCUT2D eigenvalue weighted by atomic mass is 9.86. The van der Waals surface area contributed by atoms with Crippen molar-refractivity contribution in [2.45, 2.75) is 57.9 Å². The van der Waals surface area contributed by atoms with Crippen LogP contribution < -0.4 is 4.74 Å². The molecule has 5 heteroatoms. The Bertz CT molecular complexity index is 1000. The summed E-state index contributed by atoms with van der Waals surface area (Å²) < 4.78 is 5.95. The lowest BCUT2D eigenvalue weighted by Gasteiger charge is -2.39. The fourth-order valence-corrected chi connectivity index (χ4v) is 5.64. The summed E-state index contributed by atoms with van der Waals surface area (Å²) in [5.41, 5.74) is 4.73. The molecular weight excluding hydrogens is 412 g/mol. The third-order valence-electron chi connectivity index (χ3n) is 7.55. The number of nitrogens with zero attached hydrogens (tertiary/aromatic N) is 2. The van der Waals surface area contributed by atoms with Gasteiger partial charge in [0.15, 0.2) is 6.61 Å². The van der Waals surface area contributed by atoms with Gasteiger partial charge in [0.1, 0.15) is 5.75 Å². The molecule has 0 spiro atoms. The van der Waals surface area contributed by atoms with E-state index >= 15 is 0 Å². The van der Waals surface area contributed by atoms with E-state index in [9.17, 15) is 9.59 Å². The summed E-state index contributed by atoms with van der Waals surface area (Å²) >= 11 is 0. The van der Waals surface area contributed by atoms with E-state index in [1.165, 1.54) is 11.1 Å². The van der Waals surface area contributed by atoms with E-state index < -0.39 is 0 Å². The minimum absolute atomic E-state index is 0.0540. The molecular formula is C28H34N2O3. The van der Waals surface area contributed by atoms with Crippen LogP contribution in [0.1, 0.15) is 66.8 Å². The first-order chi connectivity index (χ1) is 16.1. The Morgan fingerprint density at radius 1 is 0.939 bits per heavy atom. The molecule has 1 unspecified atom stereocenters. The number of hydrogen-bond donors (Lipinski definition) is 0. The van der Waals surface area contributed by atoms with Crippen molar-refractivity contribution >= 4 is 11.8 Å². The molecule has 2 aliphatic heterocycles. The molecule has 2 fully saturated rings. The van der Waals surface area contributed by atoms with Crippen molar-refractivity contribution in [1.82, 2.24) is 9.80 Å². The molecule has 1 saturated carbocycles. The Hall–Kier alpha value is -2.82. The third kappa shape index (κ3) is 4.64. The predicted molar refractivity (Wildman–Crippen MR) is 128 cm³/mol. The van der Waals surface area contributed by atoms with Gasteiger partial charge in [0.25, 0.3) is 5.91 Å². The zero-order valence-electron chi connectivity index (χ0n) is 19.6. The maximum Gasteiger partial charge on any atom is 0.260 e. The maximum atomic E-state index is 13.6. The highest BCUT2D eigenvalue weighted by molar-refractivity contribution is 5.81. The van der Waals surface area contributed by atoms with Gasteiger partial charge in [0, 0.05) is 25.6 Å². The van der Waals surface area contributed by atoms with Crippen LogP contribution in [0.15, 0.2) is 42.5 Å². The van der Waals surface area contributed by atoms with Crippen molar-refractivity contribution in [3.8, 4) is 5.75 Å². The summed E-state index contributed by atoms with van der Waals surface area (Å²) in [6.45, 7) is 4.57. The average molecular weight is 447 g/mol. The molecule has 2 heterocycles. The molecule has 0 bridgehead atoms. The molecule has 5 nitrogen and oxygen atoms in total. The number of rotatable bonds is 5. The monoisotopic (exact) mass is 446 g/mol. The van der Waals surface area contributed by atoms with Crippen molar-refractivity contribution < 1.29 is 14.3 Å². The average Bonchev–Trinajstić information content (AvgIpc) is 3.57. The van der Waals surface area contributed by atoms with Crippen LogP contribution in [0.4, 0.5) is 0 Å². The number of carbonyl (C=O) groups excluding carboxylic acids is 2. The number of likely N-dealkylation sites (tertiary alicyclic amines) is 1. The maximum absolute atomic E-state index is 13.6. The fourth-order valence-electron chi connectivity index (χ4n) is 5.64. The van der Waals surface area contributed by atoms with Gasteiger partial charge in [-0.15, -0.1) is 0 Å². The van der Waals surface area contributed by atoms with Gasteiger partial charge in [-0.2, -0.15) is 0 Å². The zero-order chi connectivity index (χ0) is 22.8. The van der Waals surface area contributed by atoms with Crippen LogP contribution in [0, 0.1) is 12.8 Å².